The Hall–Kier alpha value is -3.34. The van der Waals surface area contributed by atoms with Crippen molar-refractivity contribution in [3.8, 4) is 0 Å². The molecule has 0 radical (unpaired) electrons. The third-order valence-corrected chi connectivity index (χ3v) is 10.2. The van der Waals surface area contributed by atoms with Gasteiger partial charge in [0.1, 0.15) is 43.9 Å². The number of hydrogen-bond acceptors (Lipinski definition) is 18. The van der Waals surface area contributed by atoms with Gasteiger partial charge >= 0.3 is 0 Å². The molecule has 4 heterocycles. The Balaban J connectivity index is 1.64. The molecule has 0 amide bonds. The van der Waals surface area contributed by atoms with Crippen LogP contribution in [-0.2, 0) is 0 Å². The van der Waals surface area contributed by atoms with Crippen LogP contribution in [0.1, 0.15) is 28.9 Å². The zero-order valence-corrected chi connectivity index (χ0v) is 27.9. The van der Waals surface area contributed by atoms with Gasteiger partial charge in [0.15, 0.2) is 42.8 Å². The van der Waals surface area contributed by atoms with E-state index in [-0.39, 0.29) is 39.6 Å². The van der Waals surface area contributed by atoms with Crippen LogP contribution in [0, 0.1) is 6.92 Å². The topological polar surface area (TPSA) is 307 Å². The number of carbonyl (C=O) groups excluding carboxylic acids is 1. The summed E-state index contributed by atoms with van der Waals surface area (Å²) < 4.78 is 0.796. The van der Waals surface area contributed by atoms with E-state index in [2.05, 4.69) is 25.6 Å². The van der Waals surface area contributed by atoms with Gasteiger partial charge in [0.05, 0.1) is 23.5 Å². The Morgan fingerprint density at radius 1 is 0.878 bits per heavy atom. The Morgan fingerprint density at radius 3 is 1.96 bits per heavy atom. The largest absolute Gasteiger partial charge is 0.391 e. The van der Waals surface area contributed by atoms with E-state index in [9.17, 15) is 60.7 Å². The van der Waals surface area contributed by atoms with Gasteiger partial charge in [0.25, 0.3) is 11.5 Å². The Morgan fingerprint density at radius 2 is 1.47 bits per heavy atom. The number of ketones is 1. The van der Waals surface area contributed by atoms with E-state index >= 15 is 0 Å². The highest BCUT2D eigenvalue weighted by atomic mass is 16.6. The minimum Gasteiger partial charge on any atom is -0.391 e. The maximum atomic E-state index is 14.0. The third-order valence-electron chi connectivity index (χ3n) is 10.2. The first-order valence-electron chi connectivity index (χ1n) is 15.0. The van der Waals surface area contributed by atoms with E-state index in [1.165, 1.54) is 40.9 Å². The molecule has 2 aliphatic rings. The van der Waals surface area contributed by atoms with Crippen LogP contribution in [-0.4, -0.2) is 163 Å². The lowest BCUT2D eigenvalue weighted by atomic mass is 9.47. The van der Waals surface area contributed by atoms with Gasteiger partial charge in [-0.15, -0.1) is 0 Å². The molecule has 1 saturated carbocycles. The first-order valence-corrected chi connectivity index (χ1v) is 15.0. The van der Waals surface area contributed by atoms with Crippen molar-refractivity contribution in [3.63, 3.8) is 0 Å². The molecule has 1 aliphatic carbocycles. The molecule has 2 fully saturated rings. The van der Waals surface area contributed by atoms with Crippen molar-refractivity contribution >= 4 is 81.3 Å². The summed E-state index contributed by atoms with van der Waals surface area (Å²) in [5.74, 6) is -11.0. The molecule has 1 aliphatic heterocycles. The fourth-order valence-corrected chi connectivity index (χ4v) is 7.06. The Labute approximate surface area is 283 Å². The second-order valence-corrected chi connectivity index (χ2v) is 14.1. The highest BCUT2D eigenvalue weighted by Gasteiger charge is 2.78. The molecule has 3 aromatic heterocycles. The number of aryl methyl sites for hydroxylation is 1. The molecule has 12 N–H and O–H groups in total. The number of nitrogens with zero attached hydrogens (tertiary/aromatic N) is 5. The van der Waals surface area contributed by atoms with Crippen molar-refractivity contribution in [1.29, 1.82) is 0 Å². The van der Waals surface area contributed by atoms with E-state index in [1.807, 2.05) is 0 Å². The molecule has 49 heavy (non-hydrogen) atoms. The maximum Gasteiger partial charge on any atom is 0.283 e. The van der Waals surface area contributed by atoms with Crippen molar-refractivity contribution in [3.05, 3.63) is 46.0 Å². The van der Waals surface area contributed by atoms with Gasteiger partial charge in [-0.3, -0.25) is 24.4 Å². The number of Topliss-reactive ketones (excluding diaryl/α,β-unsaturated/α-hetero) is 1. The van der Waals surface area contributed by atoms with Crippen LogP contribution in [0.15, 0.2) is 29.3 Å². The van der Waals surface area contributed by atoms with Gasteiger partial charge < -0.3 is 56.4 Å². The quantitative estimate of drug-likeness (QED) is 0.0677. The first-order chi connectivity index (χ1) is 22.0. The van der Waals surface area contributed by atoms with Crippen LogP contribution < -0.4 is 21.1 Å². The number of anilines is 3. The summed E-state index contributed by atoms with van der Waals surface area (Å²) in [5.41, 5.74) is -11.6. The standard InChI is InChI=1S/C24H35B6N7O12/c1-7-10-6-32-16(33-11-4-3-9(5-31-11)37-23(30,47)21(28,45)35-22(29,46)24(37,48)49)34-13(10)36(14(39)12(7)8(2)38)15-17(25,26)19(41,42)20(43,44)18(15,27)40/h3-6,15,35,40-49H,25-30H2,1-2H3,(H,31,32,33,34). The van der Waals surface area contributed by atoms with Gasteiger partial charge in [-0.2, -0.15) is 4.98 Å². The van der Waals surface area contributed by atoms with Gasteiger partial charge in [0, 0.05) is 11.6 Å². The molecule has 0 bridgehead atoms. The molecule has 5 atom stereocenters. The number of fused-ring (bicyclic) bond motifs is 1. The number of pyridine rings is 2. The fraction of sp³-hybridized carbons (Fsp3) is 0.458. The highest BCUT2D eigenvalue weighted by molar-refractivity contribution is 6.42. The fourth-order valence-electron chi connectivity index (χ4n) is 7.06. The molecule has 25 heteroatoms. The number of aromatic nitrogens is 4. The van der Waals surface area contributed by atoms with Crippen molar-refractivity contribution < 1.29 is 55.9 Å². The average molecular weight is 678 g/mol. The van der Waals surface area contributed by atoms with Crippen molar-refractivity contribution in [1.82, 2.24) is 24.8 Å². The summed E-state index contributed by atoms with van der Waals surface area (Å²) in [6.45, 7) is 2.60. The first kappa shape index (κ1) is 36.9. The van der Waals surface area contributed by atoms with Crippen LogP contribution >= 0.6 is 0 Å². The number of carbonyl (C=O) groups is 1. The Kier molecular flexibility index (Phi) is 7.98. The van der Waals surface area contributed by atoms with Gasteiger partial charge in [0.2, 0.25) is 17.5 Å². The van der Waals surface area contributed by atoms with Crippen LogP contribution in [0.4, 0.5) is 17.5 Å². The minimum atomic E-state index is -3.57. The number of rotatable bonds is 5. The summed E-state index contributed by atoms with van der Waals surface area (Å²) in [5, 5.41) is 112. The molecule has 5 rings (SSSR count). The lowest BCUT2D eigenvalue weighted by Crippen LogP contribution is -2.91. The van der Waals surface area contributed by atoms with Crippen molar-refractivity contribution in [2.24, 2.45) is 0 Å². The normalized spacial score (nSPS) is 33.0. The zero-order valence-electron chi connectivity index (χ0n) is 27.9. The summed E-state index contributed by atoms with van der Waals surface area (Å²) in [7, 11) is 6.41. The summed E-state index contributed by atoms with van der Waals surface area (Å²) in [6, 6.07) is 0.739. The van der Waals surface area contributed by atoms with E-state index in [0.29, 0.717) is 4.90 Å². The second kappa shape index (κ2) is 10.6. The maximum absolute atomic E-state index is 14.0. The van der Waals surface area contributed by atoms with Crippen LogP contribution in [0.5, 0.6) is 0 Å². The smallest absolute Gasteiger partial charge is 0.283 e. The third kappa shape index (κ3) is 4.76. The molecule has 0 aromatic carbocycles. The molecule has 19 nitrogen and oxygen atoms in total. The van der Waals surface area contributed by atoms with Crippen LogP contribution in [0.25, 0.3) is 11.0 Å². The summed E-state index contributed by atoms with van der Waals surface area (Å²) in [4.78, 5) is 40.0. The van der Waals surface area contributed by atoms with Crippen molar-refractivity contribution in [2.45, 2.75) is 65.0 Å². The monoisotopic (exact) mass is 679 g/mol. The summed E-state index contributed by atoms with van der Waals surface area (Å²) >= 11 is 0. The SMILES string of the molecule is BC1(O)NC(B)(O)C(O)(O)N(c2ccc(Nc3ncc4c(C)c(C(C)=O)c(=O)n(C5C(B)(B)C(O)(O)C(O)(O)C5(B)O)c4n3)nc2)C1(B)O. The lowest BCUT2D eigenvalue weighted by molar-refractivity contribution is -0.370. The number of hydrogen-bond donors (Lipinski definition) is 12. The highest BCUT2D eigenvalue weighted by Crippen LogP contribution is 2.61. The number of nitrogens with one attached hydrogen (secondary N) is 2. The molecule has 0 spiro atoms. The molecular weight excluding hydrogens is 643 g/mol. The predicted octanol–water partition coefficient (Wildman–Crippen LogP) is -11.1. The second-order valence-electron chi connectivity index (χ2n) is 14.1. The van der Waals surface area contributed by atoms with Gasteiger partial charge in [-0.05, 0) is 36.8 Å². The number of piperazine rings is 1. The summed E-state index contributed by atoms with van der Waals surface area (Å²) in [6.07, 6.45) is 2.32. The zero-order chi connectivity index (χ0) is 37.3. The van der Waals surface area contributed by atoms with E-state index in [4.69, 9.17) is 0 Å². The van der Waals surface area contributed by atoms with Gasteiger partial charge in [-0.1, -0.05) is 0 Å². The van der Waals surface area contributed by atoms with Crippen LogP contribution in [0.3, 0.4) is 0 Å². The van der Waals surface area contributed by atoms with Crippen LogP contribution in [0.2, 0.25) is 5.21 Å². The molecule has 3 aromatic rings. The van der Waals surface area contributed by atoms with Gasteiger partial charge in [-0.25, -0.2) is 9.97 Å². The van der Waals surface area contributed by atoms with E-state index in [0.717, 1.165) is 49.1 Å². The minimum absolute atomic E-state index is 0.0199. The molecule has 5 unspecified atom stereocenters. The molecule has 256 valence electrons. The Bertz CT molecular complexity index is 1890. The average Bonchev–Trinajstić information content (AvgIpc) is 3.00. The lowest BCUT2D eigenvalue weighted by Gasteiger charge is -2.62. The number of aliphatic hydroxyl groups is 10. The van der Waals surface area contributed by atoms with Crippen molar-refractivity contribution in [2.75, 3.05) is 10.2 Å². The van der Waals surface area contributed by atoms with E-state index < -0.39 is 62.5 Å². The predicted molar refractivity (Wildman–Crippen MR) is 186 cm³/mol. The van der Waals surface area contributed by atoms with E-state index in [1.54, 1.807) is 0 Å². The molecular formula is C24H35B6N7O12. The molecule has 1 saturated heterocycles.